The van der Waals surface area contributed by atoms with Gasteiger partial charge in [-0.05, 0) is 28.3 Å². The largest absolute Gasteiger partial charge is 0.324 e. The lowest BCUT2D eigenvalue weighted by molar-refractivity contribution is 0.984. The van der Waals surface area contributed by atoms with E-state index in [1.165, 1.54) is 16.3 Å². The van der Waals surface area contributed by atoms with E-state index in [9.17, 15) is 0 Å². The zero-order valence-electron chi connectivity index (χ0n) is 11.8. The predicted molar refractivity (Wildman–Crippen MR) is 89.4 cm³/mol. The molecule has 0 bridgehead atoms. The molecule has 0 fully saturated rings. The van der Waals surface area contributed by atoms with Crippen molar-refractivity contribution in [1.82, 2.24) is 5.43 Å². The topological polar surface area (TPSA) is 38.0 Å². The van der Waals surface area contributed by atoms with E-state index in [1.54, 1.807) is 0 Å². The van der Waals surface area contributed by atoms with Crippen molar-refractivity contribution < 1.29 is 0 Å². The highest BCUT2D eigenvalue weighted by atomic mass is 15.2. The normalized spacial score (nSPS) is 11.6. The third kappa shape index (κ3) is 3.12. The van der Waals surface area contributed by atoms with Crippen molar-refractivity contribution in [2.45, 2.75) is 6.42 Å². The van der Waals surface area contributed by atoms with Gasteiger partial charge in [-0.1, -0.05) is 78.9 Å². The molecule has 0 aromatic heterocycles. The zero-order valence-corrected chi connectivity index (χ0v) is 11.8. The summed E-state index contributed by atoms with van der Waals surface area (Å²) in [5.41, 5.74) is 6.11. The maximum atomic E-state index is 5.64. The Morgan fingerprint density at radius 1 is 0.857 bits per heavy atom. The van der Waals surface area contributed by atoms with E-state index in [1.807, 2.05) is 30.3 Å². The fourth-order valence-electron chi connectivity index (χ4n) is 2.46. The number of benzene rings is 3. The monoisotopic (exact) mass is 274 g/mol. The number of rotatable bonds is 4. The summed E-state index contributed by atoms with van der Waals surface area (Å²) < 4.78 is 0. The first kappa shape index (κ1) is 13.4. The minimum atomic E-state index is 0.846. The van der Waals surface area contributed by atoms with Crippen molar-refractivity contribution >= 4 is 16.5 Å². The van der Waals surface area contributed by atoms with Gasteiger partial charge < -0.3 is 5.43 Å². The summed E-state index contributed by atoms with van der Waals surface area (Å²) >= 11 is 0. The Morgan fingerprint density at radius 2 is 1.57 bits per heavy atom. The summed E-state index contributed by atoms with van der Waals surface area (Å²) in [6.45, 7) is 0. The van der Waals surface area contributed by atoms with Crippen molar-refractivity contribution in [3.8, 4) is 0 Å². The molecule has 0 saturated carbocycles. The summed E-state index contributed by atoms with van der Waals surface area (Å²) in [4.78, 5) is 0. The van der Waals surface area contributed by atoms with Gasteiger partial charge in [0.2, 0.25) is 0 Å². The highest BCUT2D eigenvalue weighted by Gasteiger charge is 1.99. The second-order valence-electron chi connectivity index (χ2n) is 5.01. The summed E-state index contributed by atoms with van der Waals surface area (Å²) in [6, 6.07) is 25.1. The average molecular weight is 274 g/mol. The molecule has 0 aliphatic carbocycles. The number of nitrogens with one attached hydrogen (secondary N) is 1. The zero-order chi connectivity index (χ0) is 14.5. The van der Waals surface area contributed by atoms with Crippen LogP contribution in [0.15, 0.2) is 78.9 Å². The number of nitrogens with two attached hydrogens (primary N) is 1. The van der Waals surface area contributed by atoms with Gasteiger partial charge in [-0.3, -0.25) is 5.84 Å². The molecular weight excluding hydrogens is 256 g/mol. The maximum Gasteiger partial charge on any atom is 0.0520 e. The van der Waals surface area contributed by atoms with Crippen LogP contribution in [0.4, 0.5) is 0 Å². The fraction of sp³-hybridized carbons (Fsp3) is 0.0526. The van der Waals surface area contributed by atoms with Gasteiger partial charge in [0.25, 0.3) is 0 Å². The van der Waals surface area contributed by atoms with Gasteiger partial charge in [-0.2, -0.15) is 0 Å². The Morgan fingerprint density at radius 3 is 2.33 bits per heavy atom. The molecule has 0 aliphatic rings. The first-order valence-corrected chi connectivity index (χ1v) is 7.07. The highest BCUT2D eigenvalue weighted by Crippen LogP contribution is 2.17. The Bertz CT molecular complexity index is 761. The minimum absolute atomic E-state index is 0.846. The van der Waals surface area contributed by atoms with Crippen molar-refractivity contribution in [2.75, 3.05) is 0 Å². The molecule has 0 spiro atoms. The van der Waals surface area contributed by atoms with Gasteiger partial charge in [0.1, 0.15) is 0 Å². The Kier molecular flexibility index (Phi) is 3.99. The standard InChI is InChI=1S/C19H18N2/c20-21-19(17-7-2-1-3-8-17)13-11-15-10-12-16-6-4-5-9-18(16)14-15/h1-10,12-14,21H,11,20H2/b19-13-. The molecule has 0 amide bonds. The summed E-state index contributed by atoms with van der Waals surface area (Å²) in [6.07, 6.45) is 2.97. The van der Waals surface area contributed by atoms with Crippen LogP contribution in [0.2, 0.25) is 0 Å². The Balaban J connectivity index is 1.85. The molecule has 3 aromatic rings. The molecule has 0 aliphatic heterocycles. The Labute approximate surface area is 124 Å². The van der Waals surface area contributed by atoms with Gasteiger partial charge in [-0.25, -0.2) is 0 Å². The molecular formula is C19H18N2. The van der Waals surface area contributed by atoms with E-state index in [0.29, 0.717) is 0 Å². The molecule has 0 unspecified atom stereocenters. The minimum Gasteiger partial charge on any atom is -0.324 e. The molecule has 2 heteroatoms. The van der Waals surface area contributed by atoms with Crippen LogP contribution in [0.25, 0.3) is 16.5 Å². The predicted octanol–water partition coefficient (Wildman–Crippen LogP) is 3.89. The second kappa shape index (κ2) is 6.25. The molecule has 0 saturated heterocycles. The molecule has 3 N–H and O–H groups in total. The van der Waals surface area contributed by atoms with E-state index in [2.05, 4.69) is 54.0 Å². The molecule has 21 heavy (non-hydrogen) atoms. The van der Waals surface area contributed by atoms with E-state index in [0.717, 1.165) is 17.7 Å². The fourth-order valence-corrected chi connectivity index (χ4v) is 2.46. The van der Waals surface area contributed by atoms with Crippen molar-refractivity contribution in [2.24, 2.45) is 5.84 Å². The quantitative estimate of drug-likeness (QED) is 0.559. The average Bonchev–Trinajstić information content (AvgIpc) is 2.56. The lowest BCUT2D eigenvalue weighted by Gasteiger charge is -2.07. The van der Waals surface area contributed by atoms with Crippen LogP contribution in [-0.2, 0) is 6.42 Å². The van der Waals surface area contributed by atoms with Gasteiger partial charge in [0, 0.05) is 0 Å². The lowest BCUT2D eigenvalue weighted by atomic mass is 10.0. The summed E-state index contributed by atoms with van der Waals surface area (Å²) in [5, 5.41) is 2.54. The maximum absolute atomic E-state index is 5.64. The van der Waals surface area contributed by atoms with E-state index < -0.39 is 0 Å². The van der Waals surface area contributed by atoms with Crippen LogP contribution in [0, 0.1) is 0 Å². The number of hydrogen-bond acceptors (Lipinski definition) is 2. The van der Waals surface area contributed by atoms with Crippen molar-refractivity contribution in [3.05, 3.63) is 90.0 Å². The number of hydrogen-bond donors (Lipinski definition) is 2. The third-order valence-electron chi connectivity index (χ3n) is 3.60. The second-order valence-corrected chi connectivity index (χ2v) is 5.01. The molecule has 104 valence electrons. The molecule has 2 nitrogen and oxygen atoms in total. The van der Waals surface area contributed by atoms with Gasteiger partial charge in [0.05, 0.1) is 5.70 Å². The Hall–Kier alpha value is -2.58. The molecule has 0 atom stereocenters. The summed E-state index contributed by atoms with van der Waals surface area (Å²) in [5.74, 6) is 5.64. The number of hydrazine groups is 1. The number of fused-ring (bicyclic) bond motifs is 1. The highest BCUT2D eigenvalue weighted by molar-refractivity contribution is 5.83. The molecule has 3 aromatic carbocycles. The van der Waals surface area contributed by atoms with Crippen molar-refractivity contribution in [1.29, 1.82) is 0 Å². The van der Waals surface area contributed by atoms with E-state index in [4.69, 9.17) is 5.84 Å². The lowest BCUT2D eigenvalue weighted by Crippen LogP contribution is -2.20. The first-order chi connectivity index (χ1) is 10.4. The van der Waals surface area contributed by atoms with E-state index >= 15 is 0 Å². The summed E-state index contributed by atoms with van der Waals surface area (Å²) in [7, 11) is 0. The SMILES string of the molecule is NN/C(=C\Cc1ccc2ccccc2c1)c1ccccc1. The van der Waals surface area contributed by atoms with Gasteiger partial charge in [-0.15, -0.1) is 0 Å². The van der Waals surface area contributed by atoms with Gasteiger partial charge >= 0.3 is 0 Å². The van der Waals surface area contributed by atoms with Crippen LogP contribution < -0.4 is 11.3 Å². The molecule has 3 rings (SSSR count). The van der Waals surface area contributed by atoms with Crippen LogP contribution in [0.3, 0.4) is 0 Å². The van der Waals surface area contributed by atoms with Crippen molar-refractivity contribution in [3.63, 3.8) is 0 Å². The first-order valence-electron chi connectivity index (χ1n) is 7.07. The third-order valence-corrected chi connectivity index (χ3v) is 3.60. The number of allylic oxidation sites excluding steroid dienone is 1. The van der Waals surface area contributed by atoms with Gasteiger partial charge in [0.15, 0.2) is 0 Å². The molecule has 0 heterocycles. The van der Waals surface area contributed by atoms with Crippen LogP contribution in [0.1, 0.15) is 11.1 Å². The van der Waals surface area contributed by atoms with E-state index in [-0.39, 0.29) is 0 Å². The molecule has 0 radical (unpaired) electrons. The smallest absolute Gasteiger partial charge is 0.0520 e. The van der Waals surface area contributed by atoms with Crippen LogP contribution in [-0.4, -0.2) is 0 Å². The van der Waals surface area contributed by atoms with Crippen LogP contribution >= 0.6 is 0 Å². The van der Waals surface area contributed by atoms with Crippen LogP contribution in [0.5, 0.6) is 0 Å².